The Labute approximate surface area is 241 Å². The molecule has 11 atom stereocenters. The molecular formula is C33H54O7. The summed E-state index contributed by atoms with van der Waals surface area (Å²) in [5.74, 6) is -0.783. The molecule has 1 unspecified atom stereocenters. The van der Waals surface area contributed by atoms with Gasteiger partial charge in [0, 0.05) is 17.8 Å². The molecule has 4 aliphatic carbocycles. The molecule has 6 fully saturated rings. The Hall–Kier alpha value is -0.570. The second-order valence-electron chi connectivity index (χ2n) is 16.7. The van der Waals surface area contributed by atoms with Gasteiger partial charge in [0.25, 0.3) is 0 Å². The van der Waals surface area contributed by atoms with E-state index in [1.165, 1.54) is 0 Å². The largest absolute Gasteiger partial charge is 0.390 e. The molecule has 0 bridgehead atoms. The highest BCUT2D eigenvalue weighted by molar-refractivity contribution is 5.83. The molecule has 7 heteroatoms. The first-order valence-electron chi connectivity index (χ1n) is 15.9. The summed E-state index contributed by atoms with van der Waals surface area (Å²) < 4.78 is 25.8. The van der Waals surface area contributed by atoms with Crippen LogP contribution in [-0.4, -0.2) is 62.7 Å². The topological polar surface area (TPSA) is 94.5 Å². The summed E-state index contributed by atoms with van der Waals surface area (Å²) >= 11 is 0. The van der Waals surface area contributed by atoms with E-state index in [-0.39, 0.29) is 47.4 Å². The van der Waals surface area contributed by atoms with Crippen LogP contribution in [0.25, 0.3) is 0 Å². The van der Waals surface area contributed by atoms with Gasteiger partial charge in [-0.2, -0.15) is 0 Å². The van der Waals surface area contributed by atoms with Crippen molar-refractivity contribution in [2.75, 3.05) is 0 Å². The van der Waals surface area contributed by atoms with Crippen molar-refractivity contribution in [3.8, 4) is 0 Å². The summed E-state index contributed by atoms with van der Waals surface area (Å²) in [4.78, 5) is 13.9. The third-order valence-corrected chi connectivity index (χ3v) is 12.7. The molecule has 40 heavy (non-hydrogen) atoms. The van der Waals surface area contributed by atoms with Crippen LogP contribution in [0.3, 0.4) is 0 Å². The zero-order chi connectivity index (χ0) is 29.3. The number of ether oxygens (including phenoxy) is 4. The molecule has 7 nitrogen and oxygen atoms in total. The number of hydrogen-bond acceptors (Lipinski definition) is 7. The fourth-order valence-electron chi connectivity index (χ4n) is 11.1. The van der Waals surface area contributed by atoms with Gasteiger partial charge < -0.3 is 29.2 Å². The van der Waals surface area contributed by atoms with Crippen LogP contribution in [0.5, 0.6) is 0 Å². The average Bonchev–Trinajstić information content (AvgIpc) is 3.34. The molecule has 2 saturated heterocycles. The van der Waals surface area contributed by atoms with Gasteiger partial charge in [0.2, 0.25) is 0 Å². The predicted octanol–water partition coefficient (Wildman–Crippen LogP) is 5.53. The number of fused-ring (bicyclic) bond motifs is 6. The quantitative estimate of drug-likeness (QED) is 0.465. The Kier molecular flexibility index (Phi) is 6.46. The SMILES string of the molecule is CC(C)(O)CC[C@H]1OC(C)(C)O[C@]1(C)C1CC[C@@]2(O)[C@H]3CC(=O)[C@@H]4C[C@H]5OC(C)(C)O[C@H]5C[C@]4(C)[C@H]3CC[C@]12C. The summed E-state index contributed by atoms with van der Waals surface area (Å²) in [5.41, 5.74) is -2.91. The maximum Gasteiger partial charge on any atom is 0.164 e. The van der Waals surface area contributed by atoms with Crippen LogP contribution in [0.15, 0.2) is 0 Å². The van der Waals surface area contributed by atoms with E-state index in [1.54, 1.807) is 0 Å². The van der Waals surface area contributed by atoms with Gasteiger partial charge in [-0.05, 0) is 123 Å². The molecular weight excluding hydrogens is 508 g/mol. The third-order valence-electron chi connectivity index (χ3n) is 12.7. The highest BCUT2D eigenvalue weighted by Crippen LogP contribution is 2.71. The van der Waals surface area contributed by atoms with Gasteiger partial charge in [0.15, 0.2) is 11.6 Å². The second kappa shape index (κ2) is 8.75. The molecule has 0 amide bonds. The first-order chi connectivity index (χ1) is 18.2. The number of Topliss-reactive ketones (excluding diaryl/α,β-unsaturated/α-hetero) is 1. The molecule has 228 valence electrons. The minimum Gasteiger partial charge on any atom is -0.390 e. The van der Waals surface area contributed by atoms with Crippen LogP contribution in [0, 0.1) is 34.5 Å². The molecule has 2 heterocycles. The van der Waals surface area contributed by atoms with Gasteiger partial charge in [-0.15, -0.1) is 0 Å². The lowest BCUT2D eigenvalue weighted by molar-refractivity contribution is -0.230. The normalized spacial score (nSPS) is 53.1. The Bertz CT molecular complexity index is 1050. The number of hydrogen-bond donors (Lipinski definition) is 2. The first kappa shape index (κ1) is 29.5. The minimum atomic E-state index is -0.937. The molecule has 2 aliphatic heterocycles. The van der Waals surface area contributed by atoms with E-state index >= 15 is 0 Å². The van der Waals surface area contributed by atoms with Crippen molar-refractivity contribution < 1.29 is 34.0 Å². The summed E-state index contributed by atoms with van der Waals surface area (Å²) in [6.07, 6.45) is 6.53. The second-order valence-corrected chi connectivity index (χ2v) is 16.7. The van der Waals surface area contributed by atoms with Crippen molar-refractivity contribution in [3.05, 3.63) is 0 Å². The summed E-state index contributed by atoms with van der Waals surface area (Å²) in [6.45, 7) is 18.3. The van der Waals surface area contributed by atoms with Crippen molar-refractivity contribution in [1.82, 2.24) is 0 Å². The molecule has 2 N–H and O–H groups in total. The van der Waals surface area contributed by atoms with Crippen LogP contribution in [-0.2, 0) is 23.7 Å². The highest BCUT2D eigenvalue weighted by atomic mass is 16.8. The van der Waals surface area contributed by atoms with Gasteiger partial charge in [0.05, 0.1) is 35.1 Å². The van der Waals surface area contributed by atoms with E-state index < -0.39 is 33.8 Å². The van der Waals surface area contributed by atoms with Gasteiger partial charge in [0.1, 0.15) is 5.78 Å². The van der Waals surface area contributed by atoms with Crippen molar-refractivity contribution >= 4 is 5.78 Å². The summed E-state index contributed by atoms with van der Waals surface area (Å²) in [7, 11) is 0. The molecule has 6 aliphatic rings. The fraction of sp³-hybridized carbons (Fsp3) is 0.970. The highest BCUT2D eigenvalue weighted by Gasteiger charge is 2.73. The van der Waals surface area contributed by atoms with Crippen LogP contribution >= 0.6 is 0 Å². The number of rotatable bonds is 4. The van der Waals surface area contributed by atoms with Crippen LogP contribution in [0.4, 0.5) is 0 Å². The van der Waals surface area contributed by atoms with Crippen LogP contribution in [0.2, 0.25) is 0 Å². The molecule has 0 aromatic rings. The Balaban J connectivity index is 1.30. The molecule has 0 aromatic heterocycles. The number of carbonyl (C=O) groups excluding carboxylic acids is 1. The zero-order valence-corrected chi connectivity index (χ0v) is 26.3. The lowest BCUT2D eigenvalue weighted by Gasteiger charge is -2.64. The maximum atomic E-state index is 13.9. The average molecular weight is 563 g/mol. The van der Waals surface area contributed by atoms with E-state index in [0.717, 1.165) is 32.1 Å². The lowest BCUT2D eigenvalue weighted by Crippen LogP contribution is -2.66. The fourth-order valence-corrected chi connectivity index (χ4v) is 11.1. The minimum absolute atomic E-state index is 0.00351. The van der Waals surface area contributed by atoms with Crippen molar-refractivity contribution in [2.24, 2.45) is 34.5 Å². The van der Waals surface area contributed by atoms with Crippen molar-refractivity contribution in [2.45, 2.75) is 167 Å². The van der Waals surface area contributed by atoms with Gasteiger partial charge in [-0.25, -0.2) is 0 Å². The van der Waals surface area contributed by atoms with Gasteiger partial charge >= 0.3 is 0 Å². The van der Waals surface area contributed by atoms with Crippen LogP contribution < -0.4 is 0 Å². The Morgan fingerprint density at radius 2 is 1.57 bits per heavy atom. The molecule has 4 saturated carbocycles. The number of ketones is 1. The van der Waals surface area contributed by atoms with Gasteiger partial charge in [-0.3, -0.25) is 4.79 Å². The number of aliphatic hydroxyl groups is 2. The number of carbonyl (C=O) groups is 1. The molecule has 0 radical (unpaired) electrons. The zero-order valence-electron chi connectivity index (χ0n) is 26.3. The van der Waals surface area contributed by atoms with Crippen molar-refractivity contribution in [1.29, 1.82) is 0 Å². The van der Waals surface area contributed by atoms with E-state index in [9.17, 15) is 15.0 Å². The van der Waals surface area contributed by atoms with Gasteiger partial charge in [-0.1, -0.05) is 13.8 Å². The van der Waals surface area contributed by atoms with E-state index in [4.69, 9.17) is 18.9 Å². The van der Waals surface area contributed by atoms with E-state index in [0.29, 0.717) is 31.5 Å². The maximum absolute atomic E-state index is 13.9. The van der Waals surface area contributed by atoms with E-state index in [1.807, 2.05) is 41.5 Å². The molecule has 0 spiro atoms. The lowest BCUT2D eigenvalue weighted by atomic mass is 9.42. The monoisotopic (exact) mass is 562 g/mol. The molecule has 6 rings (SSSR count). The first-order valence-corrected chi connectivity index (χ1v) is 15.9. The predicted molar refractivity (Wildman–Crippen MR) is 150 cm³/mol. The van der Waals surface area contributed by atoms with E-state index in [2.05, 4.69) is 20.8 Å². The standard InChI is InChI=1S/C33H54O7/c1-27(2,35)13-12-26-32(9,40-29(5,6)39-26)25-11-15-33(36)20-16-22(34)21-17-23-24(38-28(3,4)37-23)18-30(21,7)19(20)10-14-31(25,33)8/h19-21,23-26,35-36H,10-18H2,1-9H3/t19-,20-,21-,23+,24-,25?,26+,30+,31+,32+,33+/m0/s1. The summed E-state index contributed by atoms with van der Waals surface area (Å²) in [6, 6.07) is 0. The third kappa shape index (κ3) is 4.23. The Morgan fingerprint density at radius 3 is 2.25 bits per heavy atom. The molecule has 0 aromatic carbocycles. The van der Waals surface area contributed by atoms with Crippen LogP contribution in [0.1, 0.15) is 120 Å². The smallest absolute Gasteiger partial charge is 0.164 e. The summed E-state index contributed by atoms with van der Waals surface area (Å²) in [5, 5.41) is 23.3. The van der Waals surface area contributed by atoms with Crippen molar-refractivity contribution in [3.63, 3.8) is 0 Å². The Morgan fingerprint density at radius 1 is 0.900 bits per heavy atom.